The Kier molecular flexibility index (Phi) is 3.67. The minimum absolute atomic E-state index is 0.129. The number of ether oxygens (including phenoxy) is 1. The molecular weight excluding hydrogens is 214 g/mol. The molecule has 0 radical (unpaired) electrons. The highest BCUT2D eigenvalue weighted by molar-refractivity contribution is 5.76. The second kappa shape index (κ2) is 5.21. The highest BCUT2D eigenvalue weighted by atomic mass is 16.5. The molecule has 1 aliphatic heterocycles. The number of para-hydroxylation sites is 1. The Balaban J connectivity index is 1.88. The van der Waals surface area contributed by atoms with Crippen molar-refractivity contribution in [3.05, 3.63) is 29.8 Å². The molecule has 1 aromatic carbocycles. The molecule has 1 amide bonds. The quantitative estimate of drug-likeness (QED) is 0.866. The highest BCUT2D eigenvalue weighted by Crippen LogP contribution is 2.32. The van der Waals surface area contributed by atoms with Crippen LogP contribution in [0.25, 0.3) is 0 Å². The van der Waals surface area contributed by atoms with Crippen molar-refractivity contribution in [2.24, 2.45) is 5.92 Å². The first-order chi connectivity index (χ1) is 8.16. The molecule has 0 spiro atoms. The van der Waals surface area contributed by atoms with E-state index in [0.29, 0.717) is 31.4 Å². The predicted molar refractivity (Wildman–Crippen MR) is 67.1 cm³/mol. The van der Waals surface area contributed by atoms with Crippen molar-refractivity contribution in [3.63, 3.8) is 0 Å². The molecule has 1 N–H and O–H groups in total. The van der Waals surface area contributed by atoms with Crippen LogP contribution in [0.2, 0.25) is 0 Å². The van der Waals surface area contributed by atoms with Crippen LogP contribution in [-0.4, -0.2) is 19.1 Å². The lowest BCUT2D eigenvalue weighted by atomic mass is 10.0. The number of hydrogen-bond acceptors (Lipinski definition) is 2. The standard InChI is InChI=1S/C14H19NO2/c1-10(2)7-14(16)15-8-11-9-17-13-6-4-3-5-12(11)13/h3-6,10-11H,7-9H2,1-2H3,(H,15,16). The summed E-state index contributed by atoms with van der Waals surface area (Å²) in [6.07, 6.45) is 0.592. The van der Waals surface area contributed by atoms with E-state index in [-0.39, 0.29) is 5.91 Å². The van der Waals surface area contributed by atoms with E-state index in [1.807, 2.05) is 32.0 Å². The van der Waals surface area contributed by atoms with Crippen LogP contribution in [0.3, 0.4) is 0 Å². The Labute approximate surface area is 102 Å². The molecule has 1 aromatic rings. The van der Waals surface area contributed by atoms with Crippen molar-refractivity contribution in [2.75, 3.05) is 13.2 Å². The van der Waals surface area contributed by atoms with Crippen LogP contribution in [0.5, 0.6) is 5.75 Å². The van der Waals surface area contributed by atoms with Crippen molar-refractivity contribution < 1.29 is 9.53 Å². The van der Waals surface area contributed by atoms with Crippen LogP contribution in [0.1, 0.15) is 31.7 Å². The van der Waals surface area contributed by atoms with Gasteiger partial charge < -0.3 is 10.1 Å². The smallest absolute Gasteiger partial charge is 0.220 e. The number of nitrogens with one attached hydrogen (secondary N) is 1. The molecule has 0 aromatic heterocycles. The molecular formula is C14H19NO2. The third kappa shape index (κ3) is 2.99. The fraction of sp³-hybridized carbons (Fsp3) is 0.500. The number of carbonyl (C=O) groups is 1. The first kappa shape index (κ1) is 12.0. The maximum Gasteiger partial charge on any atom is 0.220 e. The average Bonchev–Trinajstić information content (AvgIpc) is 2.69. The van der Waals surface area contributed by atoms with E-state index in [1.54, 1.807) is 0 Å². The highest BCUT2D eigenvalue weighted by Gasteiger charge is 2.23. The molecule has 0 bridgehead atoms. The zero-order chi connectivity index (χ0) is 12.3. The van der Waals surface area contributed by atoms with Crippen molar-refractivity contribution in [3.8, 4) is 5.75 Å². The summed E-state index contributed by atoms with van der Waals surface area (Å²) in [4.78, 5) is 11.6. The Morgan fingerprint density at radius 2 is 2.24 bits per heavy atom. The first-order valence-electron chi connectivity index (χ1n) is 6.15. The lowest BCUT2D eigenvalue weighted by Gasteiger charge is -2.11. The van der Waals surface area contributed by atoms with Gasteiger partial charge in [0, 0.05) is 24.4 Å². The van der Waals surface area contributed by atoms with Gasteiger partial charge in [-0.25, -0.2) is 0 Å². The molecule has 1 aliphatic rings. The molecule has 1 atom stereocenters. The summed E-state index contributed by atoms with van der Waals surface area (Å²) in [7, 11) is 0. The van der Waals surface area contributed by atoms with Gasteiger partial charge in [-0.2, -0.15) is 0 Å². The van der Waals surface area contributed by atoms with Gasteiger partial charge in [0.15, 0.2) is 0 Å². The van der Waals surface area contributed by atoms with Crippen LogP contribution in [0, 0.1) is 5.92 Å². The SMILES string of the molecule is CC(C)CC(=O)NCC1COc2ccccc21. The number of benzene rings is 1. The van der Waals surface area contributed by atoms with Gasteiger partial charge in [-0.3, -0.25) is 4.79 Å². The van der Waals surface area contributed by atoms with Crippen molar-refractivity contribution >= 4 is 5.91 Å². The fourth-order valence-electron chi connectivity index (χ4n) is 2.08. The molecule has 0 fully saturated rings. The van der Waals surface area contributed by atoms with Crippen molar-refractivity contribution in [2.45, 2.75) is 26.2 Å². The van der Waals surface area contributed by atoms with Gasteiger partial charge in [-0.05, 0) is 12.0 Å². The van der Waals surface area contributed by atoms with E-state index in [4.69, 9.17) is 4.74 Å². The maximum absolute atomic E-state index is 11.6. The number of rotatable bonds is 4. The van der Waals surface area contributed by atoms with E-state index < -0.39 is 0 Å². The monoisotopic (exact) mass is 233 g/mol. The van der Waals surface area contributed by atoms with Gasteiger partial charge in [0.05, 0.1) is 6.61 Å². The van der Waals surface area contributed by atoms with Gasteiger partial charge in [0.2, 0.25) is 5.91 Å². The summed E-state index contributed by atoms with van der Waals surface area (Å²) in [6, 6.07) is 8.03. The number of hydrogen-bond donors (Lipinski definition) is 1. The molecule has 2 rings (SSSR count). The van der Waals surface area contributed by atoms with E-state index in [2.05, 4.69) is 11.4 Å². The average molecular weight is 233 g/mol. The molecule has 92 valence electrons. The van der Waals surface area contributed by atoms with Crippen molar-refractivity contribution in [1.29, 1.82) is 0 Å². The van der Waals surface area contributed by atoms with Crippen LogP contribution < -0.4 is 10.1 Å². The lowest BCUT2D eigenvalue weighted by molar-refractivity contribution is -0.121. The minimum atomic E-state index is 0.129. The topological polar surface area (TPSA) is 38.3 Å². The Morgan fingerprint density at radius 1 is 1.47 bits per heavy atom. The second-order valence-electron chi connectivity index (χ2n) is 4.95. The largest absolute Gasteiger partial charge is 0.493 e. The first-order valence-corrected chi connectivity index (χ1v) is 6.15. The van der Waals surface area contributed by atoms with Crippen LogP contribution in [0.4, 0.5) is 0 Å². The normalized spacial score (nSPS) is 17.7. The lowest BCUT2D eigenvalue weighted by Crippen LogP contribution is -2.29. The summed E-state index contributed by atoms with van der Waals surface area (Å²) in [5.74, 6) is 1.78. The maximum atomic E-state index is 11.6. The van der Waals surface area contributed by atoms with Crippen LogP contribution in [0.15, 0.2) is 24.3 Å². The van der Waals surface area contributed by atoms with Crippen LogP contribution in [-0.2, 0) is 4.79 Å². The predicted octanol–water partition coefficient (Wildman–Crippen LogP) is 2.32. The molecule has 0 saturated heterocycles. The Bertz CT molecular complexity index is 401. The molecule has 0 aliphatic carbocycles. The number of amides is 1. The Hall–Kier alpha value is -1.51. The van der Waals surface area contributed by atoms with Gasteiger partial charge in [0.25, 0.3) is 0 Å². The molecule has 17 heavy (non-hydrogen) atoms. The molecule has 1 heterocycles. The van der Waals surface area contributed by atoms with Gasteiger partial charge in [-0.1, -0.05) is 32.0 Å². The third-order valence-corrected chi connectivity index (χ3v) is 2.94. The molecule has 3 heteroatoms. The summed E-state index contributed by atoms with van der Waals surface area (Å²) in [6.45, 7) is 5.44. The zero-order valence-electron chi connectivity index (χ0n) is 10.4. The Morgan fingerprint density at radius 3 is 3.00 bits per heavy atom. The summed E-state index contributed by atoms with van der Waals surface area (Å²) in [5.41, 5.74) is 1.21. The molecule has 0 saturated carbocycles. The fourth-order valence-corrected chi connectivity index (χ4v) is 2.08. The van der Waals surface area contributed by atoms with E-state index >= 15 is 0 Å². The third-order valence-electron chi connectivity index (χ3n) is 2.94. The van der Waals surface area contributed by atoms with Gasteiger partial charge >= 0.3 is 0 Å². The van der Waals surface area contributed by atoms with E-state index in [9.17, 15) is 4.79 Å². The van der Waals surface area contributed by atoms with E-state index in [1.165, 1.54) is 5.56 Å². The number of carbonyl (C=O) groups excluding carboxylic acids is 1. The van der Waals surface area contributed by atoms with Gasteiger partial charge in [-0.15, -0.1) is 0 Å². The summed E-state index contributed by atoms with van der Waals surface area (Å²) >= 11 is 0. The minimum Gasteiger partial charge on any atom is -0.493 e. The second-order valence-corrected chi connectivity index (χ2v) is 4.95. The summed E-state index contributed by atoms with van der Waals surface area (Å²) < 4.78 is 5.57. The zero-order valence-corrected chi connectivity index (χ0v) is 10.4. The number of fused-ring (bicyclic) bond motifs is 1. The molecule has 3 nitrogen and oxygen atoms in total. The summed E-state index contributed by atoms with van der Waals surface area (Å²) in [5, 5.41) is 2.98. The van der Waals surface area contributed by atoms with Gasteiger partial charge in [0.1, 0.15) is 5.75 Å². The van der Waals surface area contributed by atoms with Crippen molar-refractivity contribution in [1.82, 2.24) is 5.32 Å². The van der Waals surface area contributed by atoms with E-state index in [0.717, 1.165) is 5.75 Å². The molecule has 1 unspecified atom stereocenters. The van der Waals surface area contributed by atoms with Crippen LogP contribution >= 0.6 is 0 Å².